The van der Waals surface area contributed by atoms with Crippen LogP contribution in [-0.2, 0) is 9.53 Å². The Morgan fingerprint density at radius 3 is 2.55 bits per heavy atom. The van der Waals surface area contributed by atoms with Crippen LogP contribution >= 0.6 is 0 Å². The van der Waals surface area contributed by atoms with Gasteiger partial charge in [0.05, 0.1) is 5.71 Å². The molecule has 33 heavy (non-hydrogen) atoms. The van der Waals surface area contributed by atoms with Crippen molar-refractivity contribution in [2.75, 3.05) is 0 Å². The molecular weight excluding hydrogens is 410 g/mol. The second-order valence-corrected chi connectivity index (χ2v) is 12.9. The molecule has 0 amide bonds. The van der Waals surface area contributed by atoms with Gasteiger partial charge in [0, 0.05) is 19.3 Å². The summed E-state index contributed by atoms with van der Waals surface area (Å²) in [6.07, 6.45) is 14.1. The fourth-order valence-corrected chi connectivity index (χ4v) is 8.85. The summed E-state index contributed by atoms with van der Waals surface area (Å²) in [5, 5.41) is 14.0. The van der Waals surface area contributed by atoms with Crippen LogP contribution in [0.15, 0.2) is 16.8 Å². The lowest BCUT2D eigenvalue weighted by molar-refractivity contribution is -0.148. The zero-order chi connectivity index (χ0) is 24.0. The minimum atomic E-state index is -0.193. The van der Waals surface area contributed by atoms with Gasteiger partial charge in [0.2, 0.25) is 0 Å². The lowest BCUT2D eigenvalue weighted by Gasteiger charge is -2.58. The number of fused-ring (bicyclic) bond motifs is 5. The average molecular weight is 458 g/mol. The number of rotatable bonds is 6. The molecule has 4 heteroatoms. The highest BCUT2D eigenvalue weighted by Crippen LogP contribution is 2.67. The molecule has 0 aromatic rings. The van der Waals surface area contributed by atoms with E-state index in [9.17, 15) is 10.0 Å². The van der Waals surface area contributed by atoms with Gasteiger partial charge in [-0.25, -0.2) is 0 Å². The topological polar surface area (TPSA) is 58.9 Å². The fourth-order valence-electron chi connectivity index (χ4n) is 8.85. The van der Waals surface area contributed by atoms with E-state index < -0.39 is 0 Å². The summed E-state index contributed by atoms with van der Waals surface area (Å²) in [5.41, 5.74) is 2.73. The summed E-state index contributed by atoms with van der Waals surface area (Å²) in [6, 6.07) is 0. The average Bonchev–Trinajstić information content (AvgIpc) is 3.10. The van der Waals surface area contributed by atoms with Crippen molar-refractivity contribution >= 4 is 11.7 Å². The molecule has 0 unspecified atom stereocenters. The second kappa shape index (κ2) is 9.38. The van der Waals surface area contributed by atoms with E-state index in [2.05, 4.69) is 45.9 Å². The van der Waals surface area contributed by atoms with Crippen LogP contribution in [0.25, 0.3) is 0 Å². The maximum Gasteiger partial charge on any atom is 0.302 e. The molecule has 0 bridgehead atoms. The summed E-state index contributed by atoms with van der Waals surface area (Å²) in [7, 11) is 0. The minimum absolute atomic E-state index is 0.0327. The fraction of sp³-hybridized carbons (Fsp3) is 0.862. The first-order valence-corrected chi connectivity index (χ1v) is 13.7. The van der Waals surface area contributed by atoms with Gasteiger partial charge in [-0.05, 0) is 85.0 Å². The molecule has 3 fully saturated rings. The van der Waals surface area contributed by atoms with Crippen LogP contribution in [-0.4, -0.2) is 23.0 Å². The van der Waals surface area contributed by atoms with Gasteiger partial charge in [0.15, 0.2) is 0 Å². The van der Waals surface area contributed by atoms with Gasteiger partial charge in [0.25, 0.3) is 0 Å². The Morgan fingerprint density at radius 1 is 1.12 bits per heavy atom. The van der Waals surface area contributed by atoms with Gasteiger partial charge in [-0.15, -0.1) is 0 Å². The van der Waals surface area contributed by atoms with E-state index in [1.807, 2.05) is 0 Å². The maximum atomic E-state index is 11.5. The number of nitrogens with zero attached hydrogens (tertiary/aromatic N) is 1. The Kier molecular flexibility index (Phi) is 7.05. The van der Waals surface area contributed by atoms with Crippen molar-refractivity contribution in [1.29, 1.82) is 0 Å². The third kappa shape index (κ3) is 4.41. The maximum absolute atomic E-state index is 11.5. The first-order valence-electron chi connectivity index (χ1n) is 13.7. The van der Waals surface area contributed by atoms with Gasteiger partial charge in [0.1, 0.15) is 6.10 Å². The summed E-state index contributed by atoms with van der Waals surface area (Å²) < 4.78 is 5.58. The van der Waals surface area contributed by atoms with Crippen molar-refractivity contribution in [2.45, 2.75) is 112 Å². The molecule has 0 spiro atoms. The summed E-state index contributed by atoms with van der Waals surface area (Å²) in [5.74, 6) is 3.67. The molecule has 0 heterocycles. The van der Waals surface area contributed by atoms with Crippen LogP contribution in [0.1, 0.15) is 106 Å². The Labute approximate surface area is 201 Å². The van der Waals surface area contributed by atoms with Gasteiger partial charge >= 0.3 is 5.97 Å². The zero-order valence-corrected chi connectivity index (χ0v) is 21.9. The normalized spacial score (nSPS) is 42.3. The molecule has 0 aromatic heterocycles. The molecule has 0 radical (unpaired) electrons. The molecule has 0 aliphatic heterocycles. The standard InChI is InChI=1S/C29H47NO3/c1-18(2)8-7-9-19(3)23-10-11-24-27-25(13-15-29(23,24)6)28(5)14-12-22(33-20(4)31)16-21(28)17-26(27)30-32/h17-19,22-25,27,32H,7-16H2,1-6H3/b30-26-/t19-,22+,23-,24+,25+,27+,28+,29-/m1/s1. The first-order chi connectivity index (χ1) is 15.6. The van der Waals surface area contributed by atoms with E-state index >= 15 is 0 Å². The van der Waals surface area contributed by atoms with Crippen molar-refractivity contribution < 1.29 is 14.7 Å². The Bertz CT molecular complexity index is 801. The largest absolute Gasteiger partial charge is 0.462 e. The minimum Gasteiger partial charge on any atom is -0.462 e. The van der Waals surface area contributed by atoms with E-state index in [-0.39, 0.29) is 17.5 Å². The zero-order valence-electron chi connectivity index (χ0n) is 21.9. The summed E-state index contributed by atoms with van der Waals surface area (Å²) in [6.45, 7) is 13.7. The number of hydrogen-bond donors (Lipinski definition) is 1. The molecule has 3 saturated carbocycles. The van der Waals surface area contributed by atoms with Crippen LogP contribution in [0.5, 0.6) is 0 Å². The predicted octanol–water partition coefficient (Wildman–Crippen LogP) is 7.40. The van der Waals surface area contributed by atoms with Crippen LogP contribution in [0.3, 0.4) is 0 Å². The number of allylic oxidation sites excluding steroid dienone is 1. The molecule has 8 atom stereocenters. The number of hydrogen-bond acceptors (Lipinski definition) is 4. The van der Waals surface area contributed by atoms with Gasteiger partial charge < -0.3 is 9.94 Å². The molecule has 4 nitrogen and oxygen atoms in total. The number of ether oxygens (including phenoxy) is 1. The van der Waals surface area contributed by atoms with Crippen molar-refractivity contribution in [1.82, 2.24) is 0 Å². The monoisotopic (exact) mass is 457 g/mol. The SMILES string of the molecule is CC(=O)O[C@H]1CC[C@@]2(C)C(=C/C(=N/O)[C@H]3[C@@H]4CC[C@H]([C@H](C)CCCC(C)C)[C@@]4(C)CC[C@@H]32)C1. The third-order valence-electron chi connectivity index (χ3n) is 10.6. The van der Waals surface area contributed by atoms with Crippen molar-refractivity contribution in [3.05, 3.63) is 11.6 Å². The molecule has 4 aliphatic rings. The molecule has 1 N–H and O–H groups in total. The quantitative estimate of drug-likeness (QED) is 0.257. The lowest BCUT2D eigenvalue weighted by atomic mass is 9.46. The molecule has 0 saturated heterocycles. The van der Waals surface area contributed by atoms with E-state index in [0.29, 0.717) is 23.2 Å². The van der Waals surface area contributed by atoms with Crippen LogP contribution in [0, 0.1) is 46.3 Å². The molecule has 0 aromatic carbocycles. The smallest absolute Gasteiger partial charge is 0.302 e. The van der Waals surface area contributed by atoms with Gasteiger partial charge in [-0.2, -0.15) is 0 Å². The van der Waals surface area contributed by atoms with E-state index in [4.69, 9.17) is 4.74 Å². The number of oxime groups is 1. The van der Waals surface area contributed by atoms with Gasteiger partial charge in [-0.1, -0.05) is 64.6 Å². The highest BCUT2D eigenvalue weighted by atomic mass is 16.5. The molecule has 4 rings (SSSR count). The Balaban J connectivity index is 1.56. The number of carbonyl (C=O) groups is 1. The Morgan fingerprint density at radius 2 is 1.88 bits per heavy atom. The first kappa shape index (κ1) is 24.8. The number of carbonyl (C=O) groups excluding carboxylic acids is 1. The Hall–Kier alpha value is -1.32. The van der Waals surface area contributed by atoms with Crippen LogP contribution < -0.4 is 0 Å². The highest BCUT2D eigenvalue weighted by molar-refractivity contribution is 5.99. The van der Waals surface area contributed by atoms with E-state index in [0.717, 1.165) is 42.7 Å². The lowest BCUT2D eigenvalue weighted by Crippen LogP contribution is -2.54. The molecular formula is C29H47NO3. The van der Waals surface area contributed by atoms with Crippen molar-refractivity contribution in [2.24, 2.45) is 51.5 Å². The molecule has 186 valence electrons. The predicted molar refractivity (Wildman–Crippen MR) is 133 cm³/mol. The summed E-state index contributed by atoms with van der Waals surface area (Å²) >= 11 is 0. The van der Waals surface area contributed by atoms with Crippen LogP contribution in [0.4, 0.5) is 0 Å². The van der Waals surface area contributed by atoms with E-state index in [1.54, 1.807) is 0 Å². The van der Waals surface area contributed by atoms with Gasteiger partial charge in [-0.3, -0.25) is 4.79 Å². The molecule has 4 aliphatic carbocycles. The summed E-state index contributed by atoms with van der Waals surface area (Å²) in [4.78, 5) is 11.5. The van der Waals surface area contributed by atoms with E-state index in [1.165, 1.54) is 57.4 Å². The second-order valence-electron chi connectivity index (χ2n) is 12.9. The van der Waals surface area contributed by atoms with Crippen molar-refractivity contribution in [3.8, 4) is 0 Å². The number of esters is 1. The highest BCUT2D eigenvalue weighted by Gasteiger charge is 2.61. The van der Waals surface area contributed by atoms with Crippen LogP contribution in [0.2, 0.25) is 0 Å². The third-order valence-corrected chi connectivity index (χ3v) is 10.6. The van der Waals surface area contributed by atoms with Crippen molar-refractivity contribution in [3.63, 3.8) is 0 Å².